The first kappa shape index (κ1) is 21.6. The van der Waals surface area contributed by atoms with E-state index in [1.54, 1.807) is 0 Å². The smallest absolute Gasteiger partial charge is 0.324 e. The first-order valence-corrected chi connectivity index (χ1v) is 8.54. The number of benzene rings is 1. The lowest BCUT2D eigenvalue weighted by atomic mass is 10.0. The Morgan fingerprint density at radius 1 is 0.862 bits per heavy atom. The monoisotopic (exact) mass is 406 g/mol. The predicted octanol–water partition coefficient (Wildman–Crippen LogP) is 1.39. The molecule has 1 heterocycles. The fourth-order valence-corrected chi connectivity index (χ4v) is 2.32. The summed E-state index contributed by atoms with van der Waals surface area (Å²) in [5.74, 6) is -1.38. The summed E-state index contributed by atoms with van der Waals surface area (Å²) in [6.07, 6.45) is 0. The zero-order chi connectivity index (χ0) is 22.1. The Bertz CT molecular complexity index is 910. The van der Waals surface area contributed by atoms with Crippen LogP contribution in [0.3, 0.4) is 0 Å². The second-order valence-corrected chi connectivity index (χ2v) is 7.56. The molecule has 0 saturated carbocycles. The summed E-state index contributed by atoms with van der Waals surface area (Å²) in [5.41, 5.74) is -3.18. The highest BCUT2D eigenvalue weighted by Crippen LogP contribution is 2.29. The third-order valence-electron chi connectivity index (χ3n) is 4.29. The third-order valence-corrected chi connectivity index (χ3v) is 4.29. The molecule has 0 saturated heterocycles. The van der Waals surface area contributed by atoms with Gasteiger partial charge in [-0.15, -0.1) is 0 Å². The molecule has 0 aromatic heterocycles. The maximum atomic E-state index is 12.7. The molecule has 0 aliphatic carbocycles. The van der Waals surface area contributed by atoms with Gasteiger partial charge in [0.15, 0.2) is 0 Å². The van der Waals surface area contributed by atoms with Gasteiger partial charge in [-0.1, -0.05) is 0 Å². The van der Waals surface area contributed by atoms with Crippen LogP contribution in [0.1, 0.15) is 27.7 Å². The molecule has 1 aromatic rings. The molecule has 29 heavy (non-hydrogen) atoms. The van der Waals surface area contributed by atoms with E-state index in [1.165, 1.54) is 40.8 Å². The van der Waals surface area contributed by atoms with Crippen LogP contribution in [0.4, 0.5) is 26.7 Å². The van der Waals surface area contributed by atoms with E-state index in [-0.39, 0.29) is 17.1 Å². The van der Waals surface area contributed by atoms with E-state index in [0.29, 0.717) is 4.90 Å². The first-order chi connectivity index (χ1) is 13.2. The molecule has 4 N–H and O–H groups in total. The number of carbonyl (C=O) groups is 4. The molecule has 0 atom stereocenters. The van der Waals surface area contributed by atoms with Crippen molar-refractivity contribution < 1.29 is 24.1 Å². The molecule has 0 fully saturated rings. The van der Waals surface area contributed by atoms with Crippen molar-refractivity contribution in [3.8, 4) is 0 Å². The van der Waals surface area contributed by atoms with Gasteiger partial charge in [0.2, 0.25) is 11.8 Å². The predicted molar refractivity (Wildman–Crippen MR) is 103 cm³/mol. The van der Waals surface area contributed by atoms with E-state index in [1.807, 2.05) is 0 Å². The number of nitrogens with one attached hydrogen (secondary N) is 4. The van der Waals surface area contributed by atoms with E-state index in [0.717, 1.165) is 12.1 Å². The number of nitro benzene ring substituents is 1. The summed E-state index contributed by atoms with van der Waals surface area (Å²) in [4.78, 5) is 61.2. The number of non-ortho nitro benzene ring substituents is 1. The lowest BCUT2D eigenvalue weighted by Crippen LogP contribution is -2.60. The van der Waals surface area contributed by atoms with Gasteiger partial charge in [0, 0.05) is 19.2 Å². The Morgan fingerprint density at radius 2 is 1.31 bits per heavy atom. The van der Waals surface area contributed by atoms with E-state index < -0.39 is 39.9 Å². The summed E-state index contributed by atoms with van der Waals surface area (Å²) in [6.45, 7) is 5.62. The molecular formula is C17H22N6O6. The van der Waals surface area contributed by atoms with Crippen LogP contribution in [0, 0.1) is 10.1 Å². The van der Waals surface area contributed by atoms with Crippen molar-refractivity contribution in [2.24, 2.45) is 0 Å². The van der Waals surface area contributed by atoms with Crippen LogP contribution in [0.15, 0.2) is 18.2 Å². The molecule has 1 aliphatic rings. The van der Waals surface area contributed by atoms with Crippen molar-refractivity contribution in [3.05, 3.63) is 28.3 Å². The summed E-state index contributed by atoms with van der Waals surface area (Å²) < 4.78 is 0. The first-order valence-electron chi connectivity index (χ1n) is 8.54. The average Bonchev–Trinajstić information content (AvgIpc) is 2.60. The minimum absolute atomic E-state index is 0.0328. The van der Waals surface area contributed by atoms with Gasteiger partial charge in [-0.25, -0.2) is 14.5 Å². The van der Waals surface area contributed by atoms with Crippen molar-refractivity contribution in [2.75, 3.05) is 17.7 Å². The van der Waals surface area contributed by atoms with Crippen molar-refractivity contribution in [2.45, 2.75) is 38.8 Å². The van der Waals surface area contributed by atoms with E-state index >= 15 is 0 Å². The lowest BCUT2D eigenvalue weighted by Gasteiger charge is -2.29. The summed E-state index contributed by atoms with van der Waals surface area (Å²) >= 11 is 0. The maximum Gasteiger partial charge on any atom is 0.326 e. The number of rotatable bonds is 1. The van der Waals surface area contributed by atoms with Gasteiger partial charge < -0.3 is 21.3 Å². The number of nitro groups is 1. The fraction of sp³-hybridized carbons (Fsp3) is 0.412. The molecule has 12 heteroatoms. The van der Waals surface area contributed by atoms with Gasteiger partial charge in [-0.2, -0.15) is 0 Å². The van der Waals surface area contributed by atoms with Crippen molar-refractivity contribution in [3.63, 3.8) is 0 Å². The highest BCUT2D eigenvalue weighted by molar-refractivity contribution is 6.08. The zero-order valence-electron chi connectivity index (χ0n) is 16.6. The second kappa shape index (κ2) is 7.37. The highest BCUT2D eigenvalue weighted by Gasteiger charge is 2.36. The fourth-order valence-electron chi connectivity index (χ4n) is 2.32. The molecule has 2 rings (SSSR count). The van der Waals surface area contributed by atoms with Gasteiger partial charge >= 0.3 is 12.1 Å². The molecule has 1 aliphatic heterocycles. The van der Waals surface area contributed by atoms with E-state index in [4.69, 9.17) is 0 Å². The van der Waals surface area contributed by atoms with Crippen molar-refractivity contribution in [1.29, 1.82) is 0 Å². The van der Waals surface area contributed by atoms with Crippen LogP contribution in [0.2, 0.25) is 0 Å². The van der Waals surface area contributed by atoms with Crippen LogP contribution < -0.4 is 21.3 Å². The molecule has 0 unspecified atom stereocenters. The van der Waals surface area contributed by atoms with Gasteiger partial charge in [0.05, 0.1) is 16.3 Å². The molecule has 156 valence electrons. The molecule has 12 nitrogen and oxygen atoms in total. The van der Waals surface area contributed by atoms with Gasteiger partial charge in [0.25, 0.3) is 5.69 Å². The quantitative estimate of drug-likeness (QED) is 0.407. The molecule has 0 bridgehead atoms. The number of hydrogen-bond acceptors (Lipinski definition) is 6. The number of hydrogen-bond donors (Lipinski definition) is 4. The topological polar surface area (TPSA) is 163 Å². The van der Waals surface area contributed by atoms with Crippen molar-refractivity contribution >= 4 is 40.9 Å². The summed E-state index contributed by atoms with van der Waals surface area (Å²) in [5, 5.41) is 20.9. The Hall–Kier alpha value is -3.70. The second-order valence-electron chi connectivity index (χ2n) is 7.56. The van der Waals surface area contributed by atoms with Gasteiger partial charge in [-0.3, -0.25) is 19.7 Å². The minimum atomic E-state index is -1.49. The van der Waals surface area contributed by atoms with E-state index in [9.17, 15) is 29.3 Å². The molecule has 6 amide bonds. The number of anilines is 2. The van der Waals surface area contributed by atoms with Crippen LogP contribution in [0.25, 0.3) is 0 Å². The van der Waals surface area contributed by atoms with Gasteiger partial charge in [-0.05, 0) is 33.8 Å². The lowest BCUT2D eigenvalue weighted by molar-refractivity contribution is -0.384. The number of urea groups is 2. The Kier molecular flexibility index (Phi) is 5.49. The standard InChI is InChI=1S/C17H22N6O6/c1-16(2)12(24)18-10-7-6-9(23(28)29)8-11(10)19-13(25)17(3,4)21-15(27)22(5)14(26)20-16/h6-8H,1-5H3,(H,18,24)(H,19,25)(H,20,26)(H,21,27). The van der Waals surface area contributed by atoms with E-state index in [2.05, 4.69) is 21.3 Å². The van der Waals surface area contributed by atoms with Crippen LogP contribution in [-0.2, 0) is 9.59 Å². The largest absolute Gasteiger partial charge is 0.326 e. The maximum absolute atomic E-state index is 12.7. The Morgan fingerprint density at radius 3 is 1.76 bits per heavy atom. The molecule has 0 spiro atoms. The van der Waals surface area contributed by atoms with Crippen LogP contribution in [0.5, 0.6) is 0 Å². The number of amides is 6. The number of fused-ring (bicyclic) bond motifs is 1. The van der Waals surface area contributed by atoms with Crippen molar-refractivity contribution in [1.82, 2.24) is 15.5 Å². The molecule has 1 aromatic carbocycles. The average molecular weight is 406 g/mol. The zero-order valence-corrected chi connectivity index (χ0v) is 16.6. The normalized spacial score (nSPS) is 19.3. The summed E-state index contributed by atoms with van der Waals surface area (Å²) in [7, 11) is 1.18. The van der Waals surface area contributed by atoms with Gasteiger partial charge in [0.1, 0.15) is 11.1 Å². The minimum Gasteiger partial charge on any atom is -0.324 e. The third kappa shape index (κ3) is 4.59. The SMILES string of the molecule is CN1C(=O)NC(C)(C)C(=O)Nc2ccc([N+](=O)[O-])cc2NC(=O)C(C)(C)NC1=O. The molecular weight excluding hydrogens is 384 g/mol. The number of nitrogens with zero attached hydrogens (tertiary/aromatic N) is 2. The number of carbonyl (C=O) groups excluding carboxylic acids is 4. The van der Waals surface area contributed by atoms with Crippen LogP contribution >= 0.6 is 0 Å². The highest BCUT2D eigenvalue weighted by atomic mass is 16.6. The Labute approximate surface area is 166 Å². The van der Waals surface area contributed by atoms with Crippen LogP contribution in [-0.4, -0.2) is 51.8 Å². The molecule has 0 radical (unpaired) electrons. The number of imide groups is 1. The Balaban J connectivity index is 2.58. The summed E-state index contributed by atoms with van der Waals surface area (Å²) in [6, 6.07) is 1.78.